The van der Waals surface area contributed by atoms with Gasteiger partial charge in [-0.15, -0.1) is 0 Å². The predicted octanol–water partition coefficient (Wildman–Crippen LogP) is 1.13. The maximum atomic E-state index is 13.0. The first-order valence-corrected chi connectivity index (χ1v) is 4.43. The minimum atomic E-state index is -1.52. The Bertz CT molecular complexity index is 412. The SMILES string of the molecule is CNCC(O)c1cc(F)c(F)c([N+](=O)[O-])c1. The molecule has 1 atom stereocenters. The molecule has 0 saturated heterocycles. The largest absolute Gasteiger partial charge is 0.387 e. The molecule has 0 heterocycles. The van der Waals surface area contributed by atoms with Crippen LogP contribution in [0.5, 0.6) is 0 Å². The number of nitrogens with zero attached hydrogens (tertiary/aromatic N) is 1. The fourth-order valence-electron chi connectivity index (χ4n) is 1.23. The molecule has 1 unspecified atom stereocenters. The number of hydrogen-bond donors (Lipinski definition) is 2. The lowest BCUT2D eigenvalue weighted by atomic mass is 10.1. The van der Waals surface area contributed by atoms with Crippen molar-refractivity contribution in [2.24, 2.45) is 0 Å². The summed E-state index contributed by atoms with van der Waals surface area (Å²) in [6, 6.07) is 1.56. The van der Waals surface area contributed by atoms with E-state index in [9.17, 15) is 24.0 Å². The third-order valence-corrected chi connectivity index (χ3v) is 2.01. The van der Waals surface area contributed by atoms with E-state index >= 15 is 0 Å². The second-order valence-corrected chi connectivity index (χ2v) is 3.17. The zero-order chi connectivity index (χ0) is 12.3. The quantitative estimate of drug-likeness (QED) is 0.602. The van der Waals surface area contributed by atoms with Crippen molar-refractivity contribution in [3.63, 3.8) is 0 Å². The molecular weight excluding hydrogens is 222 g/mol. The summed E-state index contributed by atoms with van der Waals surface area (Å²) in [5.41, 5.74) is -1.02. The van der Waals surface area contributed by atoms with E-state index < -0.39 is 28.3 Å². The highest BCUT2D eigenvalue weighted by molar-refractivity contribution is 5.38. The van der Waals surface area contributed by atoms with Crippen molar-refractivity contribution in [2.45, 2.75) is 6.10 Å². The highest BCUT2D eigenvalue weighted by Crippen LogP contribution is 2.25. The van der Waals surface area contributed by atoms with Crippen LogP contribution in [0.2, 0.25) is 0 Å². The topological polar surface area (TPSA) is 75.4 Å². The van der Waals surface area contributed by atoms with Gasteiger partial charge in [0, 0.05) is 12.6 Å². The van der Waals surface area contributed by atoms with E-state index in [0.29, 0.717) is 0 Å². The first kappa shape index (κ1) is 12.5. The summed E-state index contributed by atoms with van der Waals surface area (Å²) < 4.78 is 26.0. The fourth-order valence-corrected chi connectivity index (χ4v) is 1.23. The summed E-state index contributed by atoms with van der Waals surface area (Å²) in [5, 5.41) is 22.5. The number of rotatable bonds is 4. The third-order valence-electron chi connectivity index (χ3n) is 2.01. The summed E-state index contributed by atoms with van der Waals surface area (Å²) >= 11 is 0. The lowest BCUT2D eigenvalue weighted by molar-refractivity contribution is -0.387. The molecule has 0 saturated carbocycles. The van der Waals surface area contributed by atoms with Crippen molar-refractivity contribution in [3.05, 3.63) is 39.4 Å². The molecule has 0 aliphatic carbocycles. The third kappa shape index (κ3) is 2.50. The number of nitro groups is 1. The van der Waals surface area contributed by atoms with Crippen LogP contribution in [-0.2, 0) is 0 Å². The molecule has 88 valence electrons. The Labute approximate surface area is 89.9 Å². The van der Waals surface area contributed by atoms with Crippen molar-refractivity contribution in [2.75, 3.05) is 13.6 Å². The molecule has 0 fully saturated rings. The molecule has 0 spiro atoms. The van der Waals surface area contributed by atoms with Crippen LogP contribution in [-0.4, -0.2) is 23.6 Å². The van der Waals surface area contributed by atoms with Crippen LogP contribution in [0.3, 0.4) is 0 Å². The molecule has 0 bridgehead atoms. The Hall–Kier alpha value is -1.60. The first-order valence-electron chi connectivity index (χ1n) is 4.43. The predicted molar refractivity (Wildman–Crippen MR) is 51.9 cm³/mol. The van der Waals surface area contributed by atoms with E-state index in [1.807, 2.05) is 0 Å². The van der Waals surface area contributed by atoms with E-state index in [2.05, 4.69) is 5.32 Å². The molecule has 7 heteroatoms. The Balaban J connectivity index is 3.18. The molecule has 16 heavy (non-hydrogen) atoms. The number of likely N-dealkylation sites (N-methyl/N-ethyl adjacent to an activating group) is 1. The van der Waals surface area contributed by atoms with E-state index in [-0.39, 0.29) is 12.1 Å². The van der Waals surface area contributed by atoms with Gasteiger partial charge in [-0.3, -0.25) is 10.1 Å². The average molecular weight is 232 g/mol. The normalized spacial score (nSPS) is 12.5. The van der Waals surface area contributed by atoms with Gasteiger partial charge in [-0.2, -0.15) is 4.39 Å². The number of nitro benzene ring substituents is 1. The Morgan fingerprint density at radius 2 is 2.19 bits per heavy atom. The minimum absolute atomic E-state index is 0.0417. The maximum absolute atomic E-state index is 13.0. The zero-order valence-corrected chi connectivity index (χ0v) is 8.41. The number of benzene rings is 1. The van der Waals surface area contributed by atoms with E-state index in [4.69, 9.17) is 0 Å². The van der Waals surface area contributed by atoms with Gasteiger partial charge in [0.15, 0.2) is 5.82 Å². The van der Waals surface area contributed by atoms with Crippen molar-refractivity contribution in [3.8, 4) is 0 Å². The number of nitrogens with one attached hydrogen (secondary N) is 1. The number of hydrogen-bond acceptors (Lipinski definition) is 4. The van der Waals surface area contributed by atoms with E-state index in [0.717, 1.165) is 12.1 Å². The molecule has 5 nitrogen and oxygen atoms in total. The Kier molecular flexibility index (Phi) is 3.86. The highest BCUT2D eigenvalue weighted by Gasteiger charge is 2.22. The molecule has 0 aromatic heterocycles. The summed E-state index contributed by atoms with van der Waals surface area (Å²) in [6.45, 7) is 0.0855. The van der Waals surface area contributed by atoms with Crippen LogP contribution < -0.4 is 5.32 Å². The lowest BCUT2D eigenvalue weighted by Gasteiger charge is -2.10. The standard InChI is InChI=1S/C9H10F2N2O3/c1-12-4-8(14)5-2-6(10)9(11)7(3-5)13(15)16/h2-3,8,12,14H,4H2,1H3. The molecular formula is C9H10F2N2O3. The van der Waals surface area contributed by atoms with Crippen LogP contribution in [0, 0.1) is 21.7 Å². The molecule has 0 amide bonds. The van der Waals surface area contributed by atoms with E-state index in [1.54, 1.807) is 7.05 Å². The van der Waals surface area contributed by atoms with Crippen LogP contribution in [0.25, 0.3) is 0 Å². The average Bonchev–Trinajstić information content (AvgIpc) is 2.21. The number of halogens is 2. The van der Waals surface area contributed by atoms with Gasteiger partial charge in [0.05, 0.1) is 11.0 Å². The van der Waals surface area contributed by atoms with Gasteiger partial charge < -0.3 is 10.4 Å². The summed E-state index contributed by atoms with van der Waals surface area (Å²) in [7, 11) is 1.55. The van der Waals surface area contributed by atoms with Gasteiger partial charge in [0.2, 0.25) is 5.82 Å². The smallest absolute Gasteiger partial charge is 0.308 e. The maximum Gasteiger partial charge on any atom is 0.308 e. The van der Waals surface area contributed by atoms with Crippen LogP contribution in [0.4, 0.5) is 14.5 Å². The molecule has 0 aliphatic rings. The molecule has 2 N–H and O–H groups in total. The number of aliphatic hydroxyl groups is 1. The van der Waals surface area contributed by atoms with Crippen molar-refractivity contribution >= 4 is 5.69 Å². The second-order valence-electron chi connectivity index (χ2n) is 3.17. The van der Waals surface area contributed by atoms with Gasteiger partial charge >= 0.3 is 5.69 Å². The summed E-state index contributed by atoms with van der Waals surface area (Å²) in [4.78, 5) is 9.37. The summed E-state index contributed by atoms with van der Waals surface area (Å²) in [6.07, 6.45) is -1.13. The van der Waals surface area contributed by atoms with Gasteiger partial charge in [-0.05, 0) is 18.7 Å². The van der Waals surface area contributed by atoms with Crippen LogP contribution in [0.15, 0.2) is 12.1 Å². The second kappa shape index (κ2) is 4.95. The highest BCUT2D eigenvalue weighted by atomic mass is 19.2. The molecule has 1 aromatic carbocycles. The Morgan fingerprint density at radius 3 is 2.69 bits per heavy atom. The van der Waals surface area contributed by atoms with E-state index in [1.165, 1.54) is 0 Å². The van der Waals surface area contributed by atoms with Gasteiger partial charge in [-0.1, -0.05) is 0 Å². The fraction of sp³-hybridized carbons (Fsp3) is 0.333. The zero-order valence-electron chi connectivity index (χ0n) is 8.41. The van der Waals surface area contributed by atoms with Gasteiger partial charge in [-0.25, -0.2) is 4.39 Å². The van der Waals surface area contributed by atoms with Gasteiger partial charge in [0.1, 0.15) is 0 Å². The lowest BCUT2D eigenvalue weighted by Crippen LogP contribution is -2.17. The van der Waals surface area contributed by atoms with Crippen molar-refractivity contribution < 1.29 is 18.8 Å². The first-order chi connectivity index (χ1) is 7.47. The molecule has 1 rings (SSSR count). The molecule has 1 aromatic rings. The van der Waals surface area contributed by atoms with Crippen molar-refractivity contribution in [1.29, 1.82) is 0 Å². The number of aliphatic hydroxyl groups excluding tert-OH is 1. The van der Waals surface area contributed by atoms with Crippen molar-refractivity contribution in [1.82, 2.24) is 5.32 Å². The van der Waals surface area contributed by atoms with Crippen LogP contribution in [0.1, 0.15) is 11.7 Å². The molecule has 0 aliphatic heterocycles. The monoisotopic (exact) mass is 232 g/mol. The molecule has 0 radical (unpaired) electrons. The van der Waals surface area contributed by atoms with Gasteiger partial charge in [0.25, 0.3) is 0 Å². The Morgan fingerprint density at radius 1 is 1.56 bits per heavy atom. The van der Waals surface area contributed by atoms with Crippen LogP contribution >= 0.6 is 0 Å². The minimum Gasteiger partial charge on any atom is -0.387 e. The summed E-state index contributed by atoms with van der Waals surface area (Å²) in [5.74, 6) is -2.87.